The number of ether oxygens (including phenoxy) is 1. The molecule has 56 valence electrons. The molecule has 10 heavy (non-hydrogen) atoms. The summed E-state index contributed by atoms with van der Waals surface area (Å²) in [5.74, 6) is 0.495. The molecule has 0 fully saturated rings. The second-order valence-corrected chi connectivity index (χ2v) is 2.95. The highest BCUT2D eigenvalue weighted by atomic mass is 127. The average Bonchev–Trinajstić information content (AvgIpc) is 2.38. The van der Waals surface area contributed by atoms with Gasteiger partial charge in [0.2, 0.25) is 0 Å². The quantitative estimate of drug-likeness (QED) is 0.552. The zero-order valence-electron chi connectivity index (χ0n) is 5.96. The monoisotopic (exact) mass is 250 g/mol. The molecule has 0 heterocycles. The maximum Gasteiger partial charge on any atom is 0.0983 e. The van der Waals surface area contributed by atoms with Gasteiger partial charge < -0.3 is 4.74 Å². The molecule has 0 radical (unpaired) electrons. The first-order chi connectivity index (χ1) is 4.84. The Morgan fingerprint density at radius 2 is 2.10 bits per heavy atom. The Kier molecular flexibility index (Phi) is 3.42. The molecule has 1 unspecified atom stereocenters. The van der Waals surface area contributed by atoms with Crippen molar-refractivity contribution in [1.82, 2.24) is 0 Å². The van der Waals surface area contributed by atoms with Gasteiger partial charge in [0.1, 0.15) is 0 Å². The van der Waals surface area contributed by atoms with E-state index in [2.05, 4.69) is 53.8 Å². The summed E-state index contributed by atoms with van der Waals surface area (Å²) in [7, 11) is 0. The predicted molar refractivity (Wildman–Crippen MR) is 51.2 cm³/mol. The van der Waals surface area contributed by atoms with Crippen LogP contribution in [0.4, 0.5) is 0 Å². The van der Waals surface area contributed by atoms with Crippen LogP contribution in [0.25, 0.3) is 0 Å². The van der Waals surface area contributed by atoms with Gasteiger partial charge in [-0.15, -0.1) is 0 Å². The van der Waals surface area contributed by atoms with Crippen molar-refractivity contribution >= 4 is 22.6 Å². The van der Waals surface area contributed by atoms with Gasteiger partial charge in [-0.25, -0.2) is 0 Å². The molecule has 2 heteroatoms. The lowest BCUT2D eigenvalue weighted by molar-refractivity contribution is 0.0929. The van der Waals surface area contributed by atoms with Crippen LogP contribution in [0.5, 0.6) is 0 Å². The van der Waals surface area contributed by atoms with E-state index >= 15 is 0 Å². The van der Waals surface area contributed by atoms with Gasteiger partial charge in [-0.2, -0.15) is 0 Å². The SMILES string of the molecule is CC(OCI)C1C=CC=C1. The Morgan fingerprint density at radius 1 is 1.50 bits per heavy atom. The van der Waals surface area contributed by atoms with Crippen molar-refractivity contribution in [2.24, 2.45) is 5.92 Å². The lowest BCUT2D eigenvalue weighted by atomic mass is 10.1. The van der Waals surface area contributed by atoms with Crippen molar-refractivity contribution in [3.8, 4) is 0 Å². The minimum absolute atomic E-state index is 0.326. The van der Waals surface area contributed by atoms with Gasteiger partial charge in [0.15, 0.2) is 0 Å². The van der Waals surface area contributed by atoms with Gasteiger partial charge in [0, 0.05) is 5.92 Å². The number of alkyl halides is 1. The van der Waals surface area contributed by atoms with Crippen molar-refractivity contribution in [3.63, 3.8) is 0 Å². The molecule has 0 aliphatic heterocycles. The standard InChI is InChI=1S/C8H11IO/c1-7(10-6-9)8-4-2-3-5-8/h2-5,7-8H,6H2,1H3. The Labute approximate surface area is 75.3 Å². The first kappa shape index (κ1) is 8.27. The van der Waals surface area contributed by atoms with Crippen molar-refractivity contribution < 1.29 is 4.74 Å². The zero-order chi connectivity index (χ0) is 7.40. The minimum atomic E-state index is 0.326. The molecular formula is C8H11IO. The lowest BCUT2D eigenvalue weighted by Crippen LogP contribution is -2.15. The van der Waals surface area contributed by atoms with Crippen LogP contribution < -0.4 is 0 Å². The largest absolute Gasteiger partial charge is 0.367 e. The predicted octanol–water partition coefficient (Wildman–Crippen LogP) is 2.53. The first-order valence-electron chi connectivity index (χ1n) is 3.37. The normalized spacial score (nSPS) is 20.2. The summed E-state index contributed by atoms with van der Waals surface area (Å²) in [6.45, 7) is 2.10. The van der Waals surface area contributed by atoms with Crippen molar-refractivity contribution in [3.05, 3.63) is 24.3 Å². The van der Waals surface area contributed by atoms with E-state index in [1.807, 2.05) is 0 Å². The fourth-order valence-electron chi connectivity index (χ4n) is 0.972. The molecular weight excluding hydrogens is 239 g/mol. The van der Waals surface area contributed by atoms with Crippen molar-refractivity contribution in [1.29, 1.82) is 0 Å². The number of hydrogen-bond acceptors (Lipinski definition) is 1. The van der Waals surface area contributed by atoms with Crippen molar-refractivity contribution in [2.75, 3.05) is 4.61 Å². The summed E-state index contributed by atoms with van der Waals surface area (Å²) in [5, 5.41) is 0. The Hall–Kier alpha value is 0.170. The summed E-state index contributed by atoms with van der Waals surface area (Å²) in [5.41, 5.74) is 0. The van der Waals surface area contributed by atoms with Crippen LogP contribution in [-0.2, 0) is 4.74 Å². The van der Waals surface area contributed by atoms with Crippen LogP contribution in [0.3, 0.4) is 0 Å². The molecule has 0 amide bonds. The first-order valence-corrected chi connectivity index (χ1v) is 4.89. The average molecular weight is 250 g/mol. The Balaban J connectivity index is 2.33. The topological polar surface area (TPSA) is 9.23 Å². The molecule has 1 aliphatic carbocycles. The molecule has 0 N–H and O–H groups in total. The van der Waals surface area contributed by atoms with Crippen LogP contribution in [0, 0.1) is 5.92 Å². The maximum atomic E-state index is 5.41. The summed E-state index contributed by atoms with van der Waals surface area (Å²) in [4.78, 5) is 0. The maximum absolute atomic E-state index is 5.41. The van der Waals surface area contributed by atoms with E-state index < -0.39 is 0 Å². The molecule has 0 bridgehead atoms. The smallest absolute Gasteiger partial charge is 0.0983 e. The summed E-state index contributed by atoms with van der Waals surface area (Å²) >= 11 is 2.22. The highest BCUT2D eigenvalue weighted by Crippen LogP contribution is 2.16. The van der Waals surface area contributed by atoms with Crippen LogP contribution >= 0.6 is 22.6 Å². The van der Waals surface area contributed by atoms with Gasteiger partial charge in [-0.3, -0.25) is 0 Å². The molecule has 0 aromatic heterocycles. The third-order valence-electron chi connectivity index (χ3n) is 1.65. The van der Waals surface area contributed by atoms with E-state index in [9.17, 15) is 0 Å². The second kappa shape index (κ2) is 4.13. The van der Waals surface area contributed by atoms with Gasteiger partial charge in [0.25, 0.3) is 0 Å². The van der Waals surface area contributed by atoms with Gasteiger partial charge in [-0.1, -0.05) is 46.9 Å². The van der Waals surface area contributed by atoms with Crippen LogP contribution in [-0.4, -0.2) is 10.7 Å². The summed E-state index contributed by atoms with van der Waals surface area (Å²) in [6.07, 6.45) is 8.79. The van der Waals surface area contributed by atoms with Crippen LogP contribution in [0.1, 0.15) is 6.92 Å². The second-order valence-electron chi connectivity index (χ2n) is 2.33. The van der Waals surface area contributed by atoms with Crippen LogP contribution in [0.2, 0.25) is 0 Å². The van der Waals surface area contributed by atoms with E-state index in [4.69, 9.17) is 4.74 Å². The molecule has 1 aliphatic rings. The number of allylic oxidation sites excluding steroid dienone is 2. The molecule has 0 saturated heterocycles. The highest BCUT2D eigenvalue weighted by Gasteiger charge is 2.12. The molecule has 0 aromatic carbocycles. The lowest BCUT2D eigenvalue weighted by Gasteiger charge is -2.14. The summed E-state index contributed by atoms with van der Waals surface area (Å²) < 4.78 is 6.18. The van der Waals surface area contributed by atoms with E-state index in [0.717, 1.165) is 4.61 Å². The van der Waals surface area contributed by atoms with Gasteiger partial charge in [0.05, 0.1) is 10.7 Å². The minimum Gasteiger partial charge on any atom is -0.367 e. The Morgan fingerprint density at radius 3 is 2.60 bits per heavy atom. The van der Waals surface area contributed by atoms with E-state index in [-0.39, 0.29) is 0 Å². The zero-order valence-corrected chi connectivity index (χ0v) is 8.11. The molecule has 0 saturated carbocycles. The van der Waals surface area contributed by atoms with E-state index in [1.54, 1.807) is 0 Å². The number of halogens is 1. The number of rotatable bonds is 3. The van der Waals surface area contributed by atoms with E-state index in [1.165, 1.54) is 0 Å². The van der Waals surface area contributed by atoms with Crippen LogP contribution in [0.15, 0.2) is 24.3 Å². The van der Waals surface area contributed by atoms with E-state index in [0.29, 0.717) is 12.0 Å². The fourth-order valence-corrected chi connectivity index (χ4v) is 1.54. The highest BCUT2D eigenvalue weighted by molar-refractivity contribution is 14.1. The van der Waals surface area contributed by atoms with Gasteiger partial charge >= 0.3 is 0 Å². The fraction of sp³-hybridized carbons (Fsp3) is 0.500. The molecule has 0 spiro atoms. The third-order valence-corrected chi connectivity index (χ3v) is 2.01. The number of hydrogen-bond donors (Lipinski definition) is 0. The van der Waals surface area contributed by atoms with Gasteiger partial charge in [-0.05, 0) is 6.92 Å². The molecule has 1 atom stereocenters. The molecule has 0 aromatic rings. The Bertz CT molecular complexity index is 139. The summed E-state index contributed by atoms with van der Waals surface area (Å²) in [6, 6.07) is 0. The third kappa shape index (κ3) is 2.09. The van der Waals surface area contributed by atoms with Crippen molar-refractivity contribution in [2.45, 2.75) is 13.0 Å². The molecule has 1 rings (SSSR count). The molecule has 1 nitrogen and oxygen atoms in total.